The minimum atomic E-state index is -0.879. The highest BCUT2D eigenvalue weighted by Gasteiger charge is 2.35. The average molecular weight is 495 g/mol. The van der Waals surface area contributed by atoms with Gasteiger partial charge >= 0.3 is 0 Å². The first-order chi connectivity index (χ1) is 18.7. The summed E-state index contributed by atoms with van der Waals surface area (Å²) in [5.74, 6) is 1.32. The number of rotatable bonds is 10. The summed E-state index contributed by atoms with van der Waals surface area (Å²) in [6.45, 7) is 8.37. The van der Waals surface area contributed by atoms with Crippen molar-refractivity contribution in [2.24, 2.45) is 0 Å². The maximum atomic E-state index is 6.80. The predicted octanol–water partition coefficient (Wildman–Crippen LogP) is 8.70. The van der Waals surface area contributed by atoms with Crippen LogP contribution in [0.4, 0.5) is 0 Å². The fourth-order valence-corrected chi connectivity index (χ4v) is 4.84. The molecule has 38 heavy (non-hydrogen) atoms. The Morgan fingerprint density at radius 1 is 0.395 bits per heavy atom. The van der Waals surface area contributed by atoms with Crippen LogP contribution in [-0.4, -0.2) is 0 Å². The first kappa shape index (κ1) is 24.9. The van der Waals surface area contributed by atoms with Gasteiger partial charge in [0.05, 0.1) is 0 Å². The van der Waals surface area contributed by atoms with Crippen molar-refractivity contribution in [2.75, 3.05) is 0 Å². The monoisotopic (exact) mass is 494 g/mol. The molecule has 0 amide bonds. The molecule has 5 aromatic rings. The highest BCUT2D eigenvalue weighted by molar-refractivity contribution is 5.46. The van der Waals surface area contributed by atoms with Gasteiger partial charge in [-0.15, -0.1) is 0 Å². The molecule has 0 radical (unpaired) electrons. The van der Waals surface area contributed by atoms with Crippen molar-refractivity contribution >= 4 is 0 Å². The van der Waals surface area contributed by atoms with Crippen LogP contribution in [0.1, 0.15) is 22.3 Å². The molecular weight excluding hydrogens is 464 g/mol. The number of hydrogen-bond donors (Lipinski definition) is 0. The van der Waals surface area contributed by atoms with Crippen LogP contribution in [0.15, 0.2) is 171 Å². The molecule has 0 N–H and O–H groups in total. The molecule has 0 aromatic heterocycles. The van der Waals surface area contributed by atoms with E-state index in [4.69, 9.17) is 9.47 Å². The Hall–Kier alpha value is -4.82. The maximum absolute atomic E-state index is 6.80. The number of hydrogen-bond acceptors (Lipinski definition) is 2. The van der Waals surface area contributed by atoms with Crippen LogP contribution >= 0.6 is 0 Å². The third-order valence-electron chi connectivity index (χ3n) is 6.75. The van der Waals surface area contributed by atoms with Gasteiger partial charge in [-0.05, 0) is 24.3 Å². The Labute approximate surface area is 225 Å². The van der Waals surface area contributed by atoms with Crippen molar-refractivity contribution in [3.63, 3.8) is 0 Å². The highest BCUT2D eigenvalue weighted by atomic mass is 16.5. The van der Waals surface area contributed by atoms with E-state index >= 15 is 0 Å². The van der Waals surface area contributed by atoms with E-state index in [1.54, 1.807) is 0 Å². The minimum absolute atomic E-state index is 0.661. The smallest absolute Gasteiger partial charge is 0.177 e. The third kappa shape index (κ3) is 4.77. The molecule has 0 fully saturated rings. The van der Waals surface area contributed by atoms with Gasteiger partial charge in [-0.1, -0.05) is 141 Å². The molecule has 0 aliphatic carbocycles. The lowest BCUT2D eigenvalue weighted by molar-refractivity contribution is 0.153. The Bertz CT molecular complexity index is 1280. The topological polar surface area (TPSA) is 18.5 Å². The number of benzene rings is 5. The number of ether oxygens (including phenoxy) is 2. The Morgan fingerprint density at radius 3 is 0.947 bits per heavy atom. The summed E-state index contributed by atoms with van der Waals surface area (Å²) in [5, 5.41) is 0. The molecule has 0 aliphatic heterocycles. The first-order valence-electron chi connectivity index (χ1n) is 12.7. The highest BCUT2D eigenvalue weighted by Crippen LogP contribution is 2.40. The van der Waals surface area contributed by atoms with Gasteiger partial charge < -0.3 is 9.47 Å². The lowest BCUT2D eigenvalue weighted by atomic mass is 9.86. The molecule has 0 bridgehead atoms. The van der Waals surface area contributed by atoms with Gasteiger partial charge in [-0.25, -0.2) is 0 Å². The van der Waals surface area contributed by atoms with Crippen molar-refractivity contribution in [3.8, 4) is 11.5 Å². The summed E-state index contributed by atoms with van der Waals surface area (Å²) >= 11 is 0. The molecule has 5 aromatic carbocycles. The van der Waals surface area contributed by atoms with Gasteiger partial charge in [0.1, 0.15) is 11.5 Å². The zero-order valence-corrected chi connectivity index (χ0v) is 21.2. The second-order valence-corrected chi connectivity index (χ2v) is 9.02. The summed E-state index contributed by atoms with van der Waals surface area (Å²) in [6, 6.07) is 48.3. The van der Waals surface area contributed by atoms with Crippen molar-refractivity contribution in [1.29, 1.82) is 0 Å². The van der Waals surface area contributed by atoms with Crippen LogP contribution in [0, 0.1) is 0 Å². The zero-order chi connectivity index (χ0) is 26.3. The largest absolute Gasteiger partial charge is 0.474 e. The van der Waals surface area contributed by atoms with E-state index in [2.05, 4.69) is 61.7 Å². The SMILES string of the molecule is C=CC(Oc1cccc(OC(C=C)(c2ccccc2)c2ccccc2)c1)(c1ccccc1)c1ccccc1. The van der Waals surface area contributed by atoms with Crippen LogP contribution in [0.5, 0.6) is 11.5 Å². The summed E-state index contributed by atoms with van der Waals surface area (Å²) < 4.78 is 13.6. The van der Waals surface area contributed by atoms with Crippen LogP contribution < -0.4 is 9.47 Å². The molecule has 0 aliphatic rings. The minimum Gasteiger partial charge on any atom is -0.474 e. The molecule has 186 valence electrons. The molecule has 5 rings (SSSR count). The molecule has 0 atom stereocenters. The molecule has 0 saturated carbocycles. The van der Waals surface area contributed by atoms with Gasteiger partial charge in [0.15, 0.2) is 11.2 Å². The first-order valence-corrected chi connectivity index (χ1v) is 12.7. The van der Waals surface area contributed by atoms with Gasteiger partial charge in [0.25, 0.3) is 0 Å². The van der Waals surface area contributed by atoms with E-state index < -0.39 is 11.2 Å². The lowest BCUT2D eigenvalue weighted by Gasteiger charge is -2.34. The third-order valence-corrected chi connectivity index (χ3v) is 6.75. The maximum Gasteiger partial charge on any atom is 0.177 e. The van der Waals surface area contributed by atoms with E-state index in [9.17, 15) is 0 Å². The van der Waals surface area contributed by atoms with Crippen molar-refractivity contribution in [2.45, 2.75) is 11.2 Å². The van der Waals surface area contributed by atoms with Crippen molar-refractivity contribution in [1.82, 2.24) is 0 Å². The quantitative estimate of drug-likeness (QED) is 0.181. The van der Waals surface area contributed by atoms with Crippen molar-refractivity contribution in [3.05, 3.63) is 193 Å². The summed E-state index contributed by atoms with van der Waals surface area (Å²) in [5.41, 5.74) is 2.19. The van der Waals surface area contributed by atoms with Crippen LogP contribution in [0.25, 0.3) is 0 Å². The lowest BCUT2D eigenvalue weighted by Crippen LogP contribution is -2.33. The normalized spacial score (nSPS) is 11.4. The van der Waals surface area contributed by atoms with Gasteiger partial charge in [-0.3, -0.25) is 0 Å². The molecule has 0 unspecified atom stereocenters. The van der Waals surface area contributed by atoms with Crippen LogP contribution in [0.3, 0.4) is 0 Å². The second kappa shape index (κ2) is 11.1. The summed E-state index contributed by atoms with van der Waals surface area (Å²) in [4.78, 5) is 0. The summed E-state index contributed by atoms with van der Waals surface area (Å²) in [7, 11) is 0. The molecule has 0 spiro atoms. The molecule has 2 heteroatoms. The van der Waals surface area contributed by atoms with E-state index in [1.807, 2.05) is 109 Å². The van der Waals surface area contributed by atoms with Crippen molar-refractivity contribution < 1.29 is 9.47 Å². The predicted molar refractivity (Wildman–Crippen MR) is 155 cm³/mol. The second-order valence-electron chi connectivity index (χ2n) is 9.02. The molecule has 0 heterocycles. The Morgan fingerprint density at radius 2 is 0.684 bits per heavy atom. The van der Waals surface area contributed by atoms with Crippen LogP contribution in [0.2, 0.25) is 0 Å². The fraction of sp³-hybridized carbons (Fsp3) is 0.0556. The van der Waals surface area contributed by atoms with Gasteiger partial charge in [-0.2, -0.15) is 0 Å². The van der Waals surface area contributed by atoms with E-state index in [0.29, 0.717) is 11.5 Å². The van der Waals surface area contributed by atoms with E-state index in [1.165, 1.54) is 0 Å². The Balaban J connectivity index is 1.57. The summed E-state index contributed by atoms with van der Waals surface area (Å²) in [6.07, 6.45) is 3.71. The van der Waals surface area contributed by atoms with Gasteiger partial charge in [0.2, 0.25) is 0 Å². The average Bonchev–Trinajstić information content (AvgIpc) is 3.01. The molecule has 2 nitrogen and oxygen atoms in total. The standard InChI is InChI=1S/C36H30O2/c1-3-35(29-18-9-5-10-19-29,30-20-11-6-12-21-30)37-33-26-17-27-34(28-33)38-36(4-2,31-22-13-7-14-23-31)32-24-15-8-16-25-32/h3-28H,1-2H2. The molecule has 0 saturated heterocycles. The Kier molecular flexibility index (Phi) is 7.24. The molecular formula is C36H30O2. The van der Waals surface area contributed by atoms with Crippen LogP contribution in [-0.2, 0) is 11.2 Å². The van der Waals surface area contributed by atoms with E-state index in [0.717, 1.165) is 22.3 Å². The fourth-order valence-electron chi connectivity index (χ4n) is 4.84. The van der Waals surface area contributed by atoms with E-state index in [-0.39, 0.29) is 0 Å². The van der Waals surface area contributed by atoms with Gasteiger partial charge in [0, 0.05) is 28.3 Å². The zero-order valence-electron chi connectivity index (χ0n) is 21.2.